The van der Waals surface area contributed by atoms with Crippen LogP contribution in [0.4, 0.5) is 5.69 Å². The molecule has 2 aliphatic rings. The van der Waals surface area contributed by atoms with Crippen molar-refractivity contribution in [1.29, 1.82) is 0 Å². The summed E-state index contributed by atoms with van der Waals surface area (Å²) < 4.78 is 0.767. The van der Waals surface area contributed by atoms with E-state index in [1.54, 1.807) is 0 Å². The Hall–Kier alpha value is -2.34. The molecule has 2 N–H and O–H groups in total. The van der Waals surface area contributed by atoms with E-state index in [4.69, 9.17) is 16.1 Å². The van der Waals surface area contributed by atoms with Crippen molar-refractivity contribution in [2.75, 3.05) is 12.3 Å². The second kappa shape index (κ2) is 12.0. The number of hydroxylamine groups is 2. The molecule has 1 aromatic carbocycles. The summed E-state index contributed by atoms with van der Waals surface area (Å²) in [7, 11) is 3.83. The van der Waals surface area contributed by atoms with E-state index in [0.29, 0.717) is 35.3 Å². The number of amides is 2. The molecule has 32 heavy (non-hydrogen) atoms. The van der Waals surface area contributed by atoms with Crippen LogP contribution in [0.5, 0.6) is 0 Å². The average molecular weight is 495 g/mol. The predicted molar refractivity (Wildman–Crippen MR) is 127 cm³/mol. The number of nitrogens with two attached hydrogens (primary N) is 1. The van der Waals surface area contributed by atoms with Crippen LogP contribution in [0.25, 0.3) is 10.4 Å². The zero-order valence-corrected chi connectivity index (χ0v) is 19.5. The molecule has 2 heterocycles. The molecule has 0 aromatic heterocycles. The van der Waals surface area contributed by atoms with Gasteiger partial charge in [0.1, 0.15) is 0 Å². The van der Waals surface area contributed by atoms with Gasteiger partial charge in [-0.2, -0.15) is 0 Å². The highest BCUT2D eigenvalue weighted by Crippen LogP contribution is 2.55. The standard InChI is InChI=1S/C19H22N6O4S3/c20-15(22-9-2-1-3-17-31-32-17)8-10-30-14-11-16(26)25(18(14)27)29-19(28)12-4-6-13(7-5-12)23-24-21/h4-7,14,17H,1-3,8-11H2,(H2,20,22). The van der Waals surface area contributed by atoms with Gasteiger partial charge in [0.25, 0.3) is 11.8 Å². The minimum Gasteiger partial charge on any atom is -0.387 e. The highest BCUT2D eigenvalue weighted by atomic mass is 33.2. The van der Waals surface area contributed by atoms with Gasteiger partial charge in [-0.05, 0) is 36.9 Å². The molecule has 1 unspecified atom stereocenters. The zero-order chi connectivity index (χ0) is 22.9. The molecule has 3 rings (SSSR count). The lowest BCUT2D eigenvalue weighted by Gasteiger charge is -2.13. The third kappa shape index (κ3) is 7.37. The van der Waals surface area contributed by atoms with Crippen molar-refractivity contribution in [2.24, 2.45) is 15.8 Å². The first-order chi connectivity index (χ1) is 15.5. The van der Waals surface area contributed by atoms with E-state index in [-0.39, 0.29) is 12.0 Å². The smallest absolute Gasteiger partial charge is 0.363 e. The quantitative estimate of drug-likeness (QED) is 0.0522. The number of thioether (sulfide) groups is 1. The Morgan fingerprint density at radius 2 is 2.03 bits per heavy atom. The van der Waals surface area contributed by atoms with Gasteiger partial charge in [0.2, 0.25) is 0 Å². The van der Waals surface area contributed by atoms with E-state index in [0.717, 1.165) is 17.4 Å². The predicted octanol–water partition coefficient (Wildman–Crippen LogP) is 4.20. The van der Waals surface area contributed by atoms with Crippen LogP contribution in [0, 0.1) is 0 Å². The normalized spacial score (nSPS) is 18.6. The maximum Gasteiger partial charge on any atom is 0.363 e. The van der Waals surface area contributed by atoms with E-state index < -0.39 is 23.0 Å². The third-order valence-corrected chi connectivity index (χ3v) is 8.11. The van der Waals surface area contributed by atoms with Crippen molar-refractivity contribution in [1.82, 2.24) is 5.06 Å². The summed E-state index contributed by atoms with van der Waals surface area (Å²) >= 11 is 1.30. The first-order valence-corrected chi connectivity index (χ1v) is 13.3. The summed E-state index contributed by atoms with van der Waals surface area (Å²) in [6, 6.07) is 5.63. The second-order valence-corrected chi connectivity index (χ2v) is 11.2. The number of benzene rings is 1. The summed E-state index contributed by atoms with van der Waals surface area (Å²) in [5, 5.41) is 3.31. The van der Waals surface area contributed by atoms with Crippen LogP contribution in [0.2, 0.25) is 0 Å². The Balaban J connectivity index is 1.40. The van der Waals surface area contributed by atoms with E-state index in [1.165, 1.54) is 42.4 Å². The van der Waals surface area contributed by atoms with Gasteiger partial charge in [0, 0.05) is 29.3 Å². The fourth-order valence-corrected chi connectivity index (χ4v) is 5.35. The van der Waals surface area contributed by atoms with Gasteiger partial charge < -0.3 is 10.6 Å². The number of hydrogen-bond donors (Lipinski definition) is 1. The van der Waals surface area contributed by atoms with Crippen LogP contribution in [0.15, 0.2) is 34.4 Å². The third-order valence-electron chi connectivity index (χ3n) is 4.57. The number of imide groups is 1. The first kappa shape index (κ1) is 24.3. The summed E-state index contributed by atoms with van der Waals surface area (Å²) in [5.74, 6) is -0.903. The monoisotopic (exact) mass is 494 g/mol. The molecule has 1 aromatic rings. The van der Waals surface area contributed by atoms with Gasteiger partial charge in [-0.3, -0.25) is 14.6 Å². The van der Waals surface area contributed by atoms with Crippen molar-refractivity contribution in [3.63, 3.8) is 0 Å². The molecule has 0 spiro atoms. The lowest BCUT2D eigenvalue weighted by atomic mass is 10.2. The molecule has 1 atom stereocenters. The van der Waals surface area contributed by atoms with Gasteiger partial charge >= 0.3 is 5.97 Å². The molecule has 2 aliphatic heterocycles. The van der Waals surface area contributed by atoms with Crippen LogP contribution < -0.4 is 5.73 Å². The van der Waals surface area contributed by atoms with Crippen LogP contribution in [-0.2, 0) is 14.4 Å². The Morgan fingerprint density at radius 1 is 1.28 bits per heavy atom. The Bertz CT molecular complexity index is 931. The lowest BCUT2D eigenvalue weighted by molar-refractivity contribution is -0.172. The molecule has 0 radical (unpaired) electrons. The molecule has 2 amide bonds. The van der Waals surface area contributed by atoms with Crippen molar-refractivity contribution in [3.8, 4) is 0 Å². The Kier molecular flexibility index (Phi) is 9.15. The first-order valence-electron chi connectivity index (χ1n) is 9.94. The van der Waals surface area contributed by atoms with Crippen LogP contribution in [0.3, 0.4) is 0 Å². The van der Waals surface area contributed by atoms with Gasteiger partial charge in [0.15, 0.2) is 0 Å². The SMILES string of the molecule is [N-]=[N+]=Nc1ccc(C(=O)ON2C(=O)CC(SCCC(N)=NCCCCC3SS3)C2=O)cc1. The molecule has 2 fully saturated rings. The fraction of sp³-hybridized carbons (Fsp3) is 0.474. The van der Waals surface area contributed by atoms with Crippen LogP contribution >= 0.6 is 33.3 Å². The summed E-state index contributed by atoms with van der Waals surface area (Å²) in [6.45, 7) is 0.701. The molecular weight excluding hydrogens is 472 g/mol. The maximum atomic E-state index is 12.5. The number of aliphatic imine (C=N–C) groups is 1. The number of amidine groups is 1. The van der Waals surface area contributed by atoms with E-state index in [9.17, 15) is 14.4 Å². The van der Waals surface area contributed by atoms with Gasteiger partial charge in [0.05, 0.1) is 27.7 Å². The molecule has 10 nitrogen and oxygen atoms in total. The fourth-order valence-electron chi connectivity index (χ4n) is 2.83. The highest BCUT2D eigenvalue weighted by molar-refractivity contribution is 8.92. The minimum atomic E-state index is -0.847. The summed E-state index contributed by atoms with van der Waals surface area (Å²) in [6.07, 6.45) is 3.84. The second-order valence-electron chi connectivity index (χ2n) is 6.95. The van der Waals surface area contributed by atoms with Gasteiger partial charge in [-0.1, -0.05) is 38.8 Å². The largest absolute Gasteiger partial charge is 0.387 e. The number of nitrogens with zero attached hydrogens (tertiary/aromatic N) is 5. The van der Waals surface area contributed by atoms with Crippen LogP contribution in [-0.4, -0.2) is 50.8 Å². The Morgan fingerprint density at radius 3 is 2.72 bits per heavy atom. The van der Waals surface area contributed by atoms with E-state index >= 15 is 0 Å². The van der Waals surface area contributed by atoms with E-state index in [2.05, 4.69) is 15.0 Å². The topological polar surface area (TPSA) is 151 Å². The summed E-state index contributed by atoms with van der Waals surface area (Å²) in [4.78, 5) is 48.9. The number of azide groups is 1. The number of carbonyl (C=O) groups is 3. The lowest BCUT2D eigenvalue weighted by Crippen LogP contribution is -2.34. The van der Waals surface area contributed by atoms with Gasteiger partial charge in [-0.15, -0.1) is 16.8 Å². The van der Waals surface area contributed by atoms with Crippen molar-refractivity contribution in [3.05, 3.63) is 40.3 Å². The molecule has 170 valence electrons. The van der Waals surface area contributed by atoms with Crippen molar-refractivity contribution >= 4 is 62.7 Å². The Labute approximate surface area is 197 Å². The summed E-state index contributed by atoms with van der Waals surface area (Å²) in [5.41, 5.74) is 14.8. The van der Waals surface area contributed by atoms with Crippen molar-refractivity contribution < 1.29 is 19.2 Å². The van der Waals surface area contributed by atoms with E-state index in [1.807, 2.05) is 21.6 Å². The maximum absolute atomic E-state index is 12.5. The van der Waals surface area contributed by atoms with Crippen molar-refractivity contribution in [2.45, 2.75) is 41.9 Å². The number of unbranched alkanes of at least 4 members (excludes halogenated alkanes) is 1. The number of carbonyl (C=O) groups excluding carboxylic acids is 3. The number of hydrogen-bond acceptors (Lipinski definition) is 9. The average Bonchev–Trinajstić information content (AvgIpc) is 3.56. The molecule has 13 heteroatoms. The van der Waals surface area contributed by atoms with Gasteiger partial charge in [-0.25, -0.2) is 4.79 Å². The van der Waals surface area contributed by atoms with Crippen LogP contribution in [0.1, 0.15) is 42.5 Å². The molecular formula is C19H22N6O4S3. The minimum absolute atomic E-state index is 0.0408. The molecule has 2 saturated heterocycles. The molecule has 0 saturated carbocycles. The zero-order valence-electron chi connectivity index (χ0n) is 17.1. The molecule has 0 bridgehead atoms. The number of rotatable bonds is 12. The molecule has 0 aliphatic carbocycles. The highest BCUT2D eigenvalue weighted by Gasteiger charge is 2.42.